The van der Waals surface area contributed by atoms with Gasteiger partial charge in [0.2, 0.25) is 0 Å². The van der Waals surface area contributed by atoms with Gasteiger partial charge in [-0.05, 0) is 66.3 Å². The predicted octanol–water partition coefficient (Wildman–Crippen LogP) is 6.22. The smallest absolute Gasteiger partial charge is 0.170 e. The van der Waals surface area contributed by atoms with E-state index in [2.05, 4.69) is 20.2 Å². The zero-order chi connectivity index (χ0) is 22.1. The second-order valence-electron chi connectivity index (χ2n) is 7.45. The lowest BCUT2D eigenvalue weighted by Crippen LogP contribution is -2.29. The Morgan fingerprint density at radius 2 is 1.91 bits per heavy atom. The first kappa shape index (κ1) is 20.9. The monoisotopic (exact) mass is 480 g/mol. The molecule has 1 saturated heterocycles. The average molecular weight is 481 g/mol. The van der Waals surface area contributed by atoms with Crippen molar-refractivity contribution in [3.63, 3.8) is 0 Å². The number of rotatable bonds is 5. The van der Waals surface area contributed by atoms with E-state index in [1.807, 2.05) is 54.7 Å². The molecule has 1 N–H and O–H groups in total. The van der Waals surface area contributed by atoms with E-state index in [0.29, 0.717) is 27.5 Å². The van der Waals surface area contributed by atoms with E-state index in [9.17, 15) is 0 Å². The normalized spacial score (nSPS) is 18.1. The van der Waals surface area contributed by atoms with E-state index in [1.54, 1.807) is 24.5 Å². The van der Waals surface area contributed by atoms with Crippen LogP contribution in [0.3, 0.4) is 0 Å². The van der Waals surface area contributed by atoms with Gasteiger partial charge < -0.3 is 14.6 Å². The number of furan rings is 1. The minimum absolute atomic E-state index is 0.159. The molecule has 0 spiro atoms. The first-order chi connectivity index (χ1) is 15.6. The van der Waals surface area contributed by atoms with Gasteiger partial charge in [0.25, 0.3) is 0 Å². The molecule has 0 radical (unpaired) electrons. The maximum atomic E-state index is 6.33. The van der Waals surface area contributed by atoms with Gasteiger partial charge in [-0.25, -0.2) is 0 Å². The molecule has 1 aliphatic rings. The summed E-state index contributed by atoms with van der Waals surface area (Å²) in [4.78, 5) is 10.9. The predicted molar refractivity (Wildman–Crippen MR) is 129 cm³/mol. The molecule has 0 bridgehead atoms. The third-order valence-corrected chi connectivity index (χ3v) is 6.49. The summed E-state index contributed by atoms with van der Waals surface area (Å²) >= 11 is 18.0. The summed E-state index contributed by atoms with van der Waals surface area (Å²) in [6, 6.07) is 18.8. The van der Waals surface area contributed by atoms with Crippen LogP contribution in [0.2, 0.25) is 10.0 Å². The van der Waals surface area contributed by atoms with Crippen LogP contribution in [0.5, 0.6) is 0 Å². The SMILES string of the molecule is S=C1N[C@H](c2ccccn2)[C@@H](c2ccc(-c3ccc(Cl)c(Cl)c3)o2)N1Cc1cccnc1. The molecular formula is C24H18Cl2N4OS. The Morgan fingerprint density at radius 1 is 1.00 bits per heavy atom. The van der Waals surface area contributed by atoms with Crippen molar-refractivity contribution in [3.05, 3.63) is 106 Å². The zero-order valence-corrected chi connectivity index (χ0v) is 19.1. The molecule has 8 heteroatoms. The number of aromatic nitrogens is 2. The van der Waals surface area contributed by atoms with Crippen molar-refractivity contribution in [1.82, 2.24) is 20.2 Å². The minimum Gasteiger partial charge on any atom is -0.459 e. The second-order valence-corrected chi connectivity index (χ2v) is 8.65. The van der Waals surface area contributed by atoms with Crippen LogP contribution >= 0.6 is 35.4 Å². The van der Waals surface area contributed by atoms with Crippen molar-refractivity contribution in [2.24, 2.45) is 0 Å². The van der Waals surface area contributed by atoms with Crippen molar-refractivity contribution >= 4 is 40.5 Å². The first-order valence-electron chi connectivity index (χ1n) is 10.0. The molecule has 0 amide bonds. The maximum Gasteiger partial charge on any atom is 0.170 e. The number of nitrogens with one attached hydrogen (secondary N) is 1. The molecule has 0 aliphatic carbocycles. The Hall–Kier alpha value is -2.93. The lowest BCUT2D eigenvalue weighted by Gasteiger charge is -2.26. The van der Waals surface area contributed by atoms with Gasteiger partial charge in [0, 0.05) is 30.7 Å². The Kier molecular flexibility index (Phi) is 5.83. The molecule has 5 rings (SSSR count). The van der Waals surface area contributed by atoms with Gasteiger partial charge >= 0.3 is 0 Å². The van der Waals surface area contributed by atoms with Crippen LogP contribution in [0.25, 0.3) is 11.3 Å². The van der Waals surface area contributed by atoms with Crippen molar-refractivity contribution in [2.75, 3.05) is 0 Å². The molecule has 0 saturated carbocycles. The molecule has 4 heterocycles. The van der Waals surface area contributed by atoms with Crippen LogP contribution in [0, 0.1) is 0 Å². The lowest BCUT2D eigenvalue weighted by atomic mass is 10.0. The highest BCUT2D eigenvalue weighted by Gasteiger charge is 2.41. The van der Waals surface area contributed by atoms with Gasteiger partial charge in [0.1, 0.15) is 17.6 Å². The Balaban J connectivity index is 1.54. The topological polar surface area (TPSA) is 54.2 Å². The van der Waals surface area contributed by atoms with Gasteiger partial charge in [-0.2, -0.15) is 0 Å². The third kappa shape index (κ3) is 4.09. The van der Waals surface area contributed by atoms with E-state index in [-0.39, 0.29) is 12.1 Å². The molecule has 1 fully saturated rings. The fourth-order valence-corrected chi connectivity index (χ4v) is 4.49. The van der Waals surface area contributed by atoms with Crippen molar-refractivity contribution in [3.8, 4) is 11.3 Å². The van der Waals surface area contributed by atoms with E-state index < -0.39 is 0 Å². The van der Waals surface area contributed by atoms with Crippen LogP contribution in [-0.2, 0) is 6.54 Å². The molecule has 1 aromatic carbocycles. The van der Waals surface area contributed by atoms with E-state index in [0.717, 1.165) is 22.6 Å². The Bertz CT molecular complexity index is 1250. The summed E-state index contributed by atoms with van der Waals surface area (Å²) in [5, 5.41) is 5.06. The van der Waals surface area contributed by atoms with Crippen molar-refractivity contribution < 1.29 is 4.42 Å². The zero-order valence-electron chi connectivity index (χ0n) is 16.8. The van der Waals surface area contributed by atoms with Crippen LogP contribution in [0.4, 0.5) is 0 Å². The van der Waals surface area contributed by atoms with Crippen LogP contribution in [0.15, 0.2) is 83.7 Å². The number of thiocarbonyl (C=S) groups is 1. The Labute approximate surface area is 201 Å². The Morgan fingerprint density at radius 3 is 2.66 bits per heavy atom. The molecule has 0 unspecified atom stereocenters. The summed E-state index contributed by atoms with van der Waals surface area (Å²) in [6.07, 6.45) is 5.38. The molecule has 3 aromatic heterocycles. The van der Waals surface area contributed by atoms with Gasteiger partial charge in [-0.3, -0.25) is 9.97 Å². The van der Waals surface area contributed by atoms with Crippen LogP contribution in [-0.4, -0.2) is 20.0 Å². The minimum atomic E-state index is -0.186. The molecule has 4 aromatic rings. The van der Waals surface area contributed by atoms with Crippen LogP contribution in [0.1, 0.15) is 29.1 Å². The lowest BCUT2D eigenvalue weighted by molar-refractivity contribution is 0.269. The fraction of sp³-hybridized carbons (Fsp3) is 0.125. The molecule has 32 heavy (non-hydrogen) atoms. The van der Waals surface area contributed by atoms with Crippen molar-refractivity contribution in [2.45, 2.75) is 18.6 Å². The maximum absolute atomic E-state index is 6.33. The van der Waals surface area contributed by atoms with Gasteiger partial charge in [-0.15, -0.1) is 0 Å². The fourth-order valence-electron chi connectivity index (χ4n) is 3.89. The average Bonchev–Trinajstić information content (AvgIpc) is 3.42. The summed E-state index contributed by atoms with van der Waals surface area (Å²) in [6.45, 7) is 0.594. The number of halogens is 2. The largest absolute Gasteiger partial charge is 0.459 e. The highest BCUT2D eigenvalue weighted by molar-refractivity contribution is 7.80. The number of nitrogens with zero attached hydrogens (tertiary/aromatic N) is 3. The number of pyridine rings is 2. The van der Waals surface area contributed by atoms with E-state index in [1.165, 1.54) is 0 Å². The highest BCUT2D eigenvalue weighted by Crippen LogP contribution is 2.41. The van der Waals surface area contributed by atoms with E-state index >= 15 is 0 Å². The summed E-state index contributed by atoms with van der Waals surface area (Å²) in [5.74, 6) is 1.48. The molecule has 5 nitrogen and oxygen atoms in total. The number of hydrogen-bond donors (Lipinski definition) is 1. The second kappa shape index (κ2) is 8.90. The summed E-state index contributed by atoms with van der Waals surface area (Å²) in [7, 11) is 0. The first-order valence-corrected chi connectivity index (χ1v) is 11.2. The highest BCUT2D eigenvalue weighted by atomic mass is 35.5. The van der Waals surface area contributed by atoms with Gasteiger partial charge in [0.05, 0.1) is 21.8 Å². The van der Waals surface area contributed by atoms with Gasteiger partial charge in [-0.1, -0.05) is 35.3 Å². The molecule has 2 atom stereocenters. The van der Waals surface area contributed by atoms with Crippen molar-refractivity contribution in [1.29, 1.82) is 0 Å². The molecule has 160 valence electrons. The summed E-state index contributed by atoms with van der Waals surface area (Å²) in [5.41, 5.74) is 2.80. The number of benzene rings is 1. The molecular weight excluding hydrogens is 463 g/mol. The standard InChI is InChI=1S/C24H18Cl2N4OS/c25-17-7-6-16(12-18(17)26)20-8-9-21(31-20)23-22(19-5-1-2-11-28-19)29-24(32)30(23)14-15-4-3-10-27-13-15/h1-13,22-23H,14H2,(H,29,32)/t22-,23-/m1/s1. The molecule has 1 aliphatic heterocycles. The third-order valence-electron chi connectivity index (χ3n) is 5.40. The van der Waals surface area contributed by atoms with Gasteiger partial charge in [0.15, 0.2) is 5.11 Å². The quantitative estimate of drug-likeness (QED) is 0.342. The van der Waals surface area contributed by atoms with E-state index in [4.69, 9.17) is 39.8 Å². The number of hydrogen-bond acceptors (Lipinski definition) is 4. The summed E-state index contributed by atoms with van der Waals surface area (Å²) < 4.78 is 6.33. The van der Waals surface area contributed by atoms with Crippen LogP contribution < -0.4 is 5.32 Å².